The summed E-state index contributed by atoms with van der Waals surface area (Å²) < 4.78 is 0. The fourth-order valence-electron chi connectivity index (χ4n) is 4.10. The normalized spacial score (nSPS) is 17.8. The van der Waals surface area contributed by atoms with Gasteiger partial charge < -0.3 is 15.1 Å². The van der Waals surface area contributed by atoms with E-state index in [1.807, 2.05) is 17.9 Å². The van der Waals surface area contributed by atoms with Gasteiger partial charge in [-0.3, -0.25) is 4.79 Å². The van der Waals surface area contributed by atoms with Gasteiger partial charge >= 0.3 is 0 Å². The standard InChI is InChI=1S/C22H29N5O/c1-16-7-9-19(10-8-16)24-20-15-17(2)23-22(25-20)27-13-11-26(12-14-27)21(28)18-5-3-4-6-18/h7-10,15,18H,3-6,11-14H2,1-2H3,(H,23,24,25). The average Bonchev–Trinajstić information content (AvgIpc) is 3.24. The molecule has 1 saturated carbocycles. The summed E-state index contributed by atoms with van der Waals surface area (Å²) in [6, 6.07) is 10.2. The monoisotopic (exact) mass is 379 g/mol. The molecule has 0 spiro atoms. The Kier molecular flexibility index (Phi) is 5.46. The largest absolute Gasteiger partial charge is 0.340 e. The maximum absolute atomic E-state index is 12.6. The molecule has 148 valence electrons. The molecule has 2 fully saturated rings. The van der Waals surface area contributed by atoms with E-state index in [2.05, 4.69) is 46.4 Å². The van der Waals surface area contributed by atoms with Crippen LogP contribution in [0.5, 0.6) is 0 Å². The summed E-state index contributed by atoms with van der Waals surface area (Å²) in [6.07, 6.45) is 4.52. The molecule has 1 aliphatic heterocycles. The van der Waals surface area contributed by atoms with E-state index in [1.165, 1.54) is 18.4 Å². The number of nitrogens with zero attached hydrogens (tertiary/aromatic N) is 4. The molecule has 0 unspecified atom stereocenters. The molecule has 1 aliphatic carbocycles. The van der Waals surface area contributed by atoms with Crippen molar-refractivity contribution >= 4 is 23.4 Å². The number of nitrogens with one attached hydrogen (secondary N) is 1. The number of amides is 1. The first-order valence-electron chi connectivity index (χ1n) is 10.3. The van der Waals surface area contributed by atoms with Crippen molar-refractivity contribution in [2.45, 2.75) is 39.5 Å². The fourth-order valence-corrected chi connectivity index (χ4v) is 4.10. The van der Waals surface area contributed by atoms with Gasteiger partial charge in [0.2, 0.25) is 11.9 Å². The minimum absolute atomic E-state index is 0.257. The molecule has 1 aromatic heterocycles. The summed E-state index contributed by atoms with van der Waals surface area (Å²) in [5.41, 5.74) is 3.18. The Morgan fingerprint density at radius 1 is 1.00 bits per heavy atom. The van der Waals surface area contributed by atoms with Crippen molar-refractivity contribution < 1.29 is 4.79 Å². The molecule has 2 heterocycles. The minimum atomic E-state index is 0.257. The number of aromatic nitrogens is 2. The molecule has 1 saturated heterocycles. The number of anilines is 3. The van der Waals surface area contributed by atoms with Crippen LogP contribution in [-0.4, -0.2) is 47.0 Å². The summed E-state index contributed by atoms with van der Waals surface area (Å²) >= 11 is 0. The van der Waals surface area contributed by atoms with Crippen molar-refractivity contribution in [3.8, 4) is 0 Å². The molecule has 6 nitrogen and oxygen atoms in total. The molecular formula is C22H29N5O. The van der Waals surface area contributed by atoms with Crippen molar-refractivity contribution in [3.05, 3.63) is 41.6 Å². The number of hydrogen-bond donors (Lipinski definition) is 1. The van der Waals surface area contributed by atoms with Crippen molar-refractivity contribution in [2.75, 3.05) is 36.4 Å². The molecule has 1 aromatic carbocycles. The van der Waals surface area contributed by atoms with Gasteiger partial charge in [-0.1, -0.05) is 30.5 Å². The third kappa shape index (κ3) is 4.26. The summed E-state index contributed by atoms with van der Waals surface area (Å²) in [7, 11) is 0. The van der Waals surface area contributed by atoms with Gasteiger partial charge in [0.25, 0.3) is 0 Å². The molecule has 0 atom stereocenters. The summed E-state index contributed by atoms with van der Waals surface area (Å²) in [4.78, 5) is 26.2. The van der Waals surface area contributed by atoms with Gasteiger partial charge in [-0.05, 0) is 38.8 Å². The topological polar surface area (TPSA) is 61.4 Å². The molecule has 0 radical (unpaired) electrons. The zero-order chi connectivity index (χ0) is 19.5. The maximum atomic E-state index is 12.6. The Morgan fingerprint density at radius 3 is 2.36 bits per heavy atom. The van der Waals surface area contributed by atoms with Gasteiger partial charge in [-0.25, -0.2) is 4.98 Å². The maximum Gasteiger partial charge on any atom is 0.227 e. The Bertz CT molecular complexity index is 821. The number of carbonyl (C=O) groups excluding carboxylic acids is 1. The van der Waals surface area contributed by atoms with Gasteiger partial charge in [-0.2, -0.15) is 4.98 Å². The van der Waals surface area contributed by atoms with Crippen LogP contribution in [0, 0.1) is 19.8 Å². The quantitative estimate of drug-likeness (QED) is 0.878. The lowest BCUT2D eigenvalue weighted by molar-refractivity contribution is -0.135. The first kappa shape index (κ1) is 18.7. The first-order valence-corrected chi connectivity index (χ1v) is 10.3. The number of rotatable bonds is 4. The highest BCUT2D eigenvalue weighted by molar-refractivity contribution is 5.79. The van der Waals surface area contributed by atoms with E-state index >= 15 is 0 Å². The molecule has 1 amide bonds. The molecule has 2 aromatic rings. The minimum Gasteiger partial charge on any atom is -0.340 e. The third-order valence-electron chi connectivity index (χ3n) is 5.74. The zero-order valence-electron chi connectivity index (χ0n) is 16.8. The Morgan fingerprint density at radius 2 is 1.68 bits per heavy atom. The molecule has 2 aliphatic rings. The second-order valence-electron chi connectivity index (χ2n) is 7.98. The predicted molar refractivity (Wildman–Crippen MR) is 112 cm³/mol. The third-order valence-corrected chi connectivity index (χ3v) is 5.74. The van der Waals surface area contributed by atoms with Crippen LogP contribution >= 0.6 is 0 Å². The number of benzene rings is 1. The highest BCUT2D eigenvalue weighted by Gasteiger charge is 2.30. The van der Waals surface area contributed by atoms with Crippen molar-refractivity contribution in [2.24, 2.45) is 5.92 Å². The Labute approximate surface area is 167 Å². The highest BCUT2D eigenvalue weighted by atomic mass is 16.2. The fraction of sp³-hybridized carbons (Fsp3) is 0.500. The molecule has 28 heavy (non-hydrogen) atoms. The molecule has 1 N–H and O–H groups in total. The SMILES string of the molecule is Cc1ccc(Nc2cc(C)nc(N3CCN(C(=O)C4CCCC4)CC3)n2)cc1. The van der Waals surface area contributed by atoms with Crippen molar-refractivity contribution in [3.63, 3.8) is 0 Å². The molecular weight excluding hydrogens is 350 g/mol. The second-order valence-corrected chi connectivity index (χ2v) is 7.98. The van der Waals surface area contributed by atoms with Crippen LogP contribution in [0.15, 0.2) is 30.3 Å². The number of piperazine rings is 1. The van der Waals surface area contributed by atoms with Crippen LogP contribution in [0.2, 0.25) is 0 Å². The van der Waals surface area contributed by atoms with E-state index < -0.39 is 0 Å². The molecule has 6 heteroatoms. The molecule has 0 bridgehead atoms. The van der Waals surface area contributed by atoms with Crippen LogP contribution in [-0.2, 0) is 4.79 Å². The number of hydrogen-bond acceptors (Lipinski definition) is 5. The van der Waals surface area contributed by atoms with E-state index in [9.17, 15) is 4.79 Å². The van der Waals surface area contributed by atoms with Crippen LogP contribution < -0.4 is 10.2 Å². The Hall–Kier alpha value is -2.63. The lowest BCUT2D eigenvalue weighted by Crippen LogP contribution is -2.50. The van der Waals surface area contributed by atoms with Crippen molar-refractivity contribution in [1.29, 1.82) is 0 Å². The van der Waals surface area contributed by atoms with E-state index in [0.29, 0.717) is 5.91 Å². The number of carbonyl (C=O) groups is 1. The van der Waals surface area contributed by atoms with Crippen LogP contribution in [0.1, 0.15) is 36.9 Å². The summed E-state index contributed by atoms with van der Waals surface area (Å²) in [5, 5.41) is 3.37. The Balaban J connectivity index is 1.41. The van der Waals surface area contributed by atoms with Crippen LogP contribution in [0.4, 0.5) is 17.5 Å². The summed E-state index contributed by atoms with van der Waals surface area (Å²) in [6.45, 7) is 7.15. The lowest BCUT2D eigenvalue weighted by atomic mass is 10.1. The first-order chi connectivity index (χ1) is 13.6. The summed E-state index contributed by atoms with van der Waals surface area (Å²) in [5.74, 6) is 2.15. The van der Waals surface area contributed by atoms with E-state index in [0.717, 1.165) is 62.2 Å². The van der Waals surface area contributed by atoms with Crippen LogP contribution in [0.25, 0.3) is 0 Å². The predicted octanol–water partition coefficient (Wildman–Crippen LogP) is 3.68. The molecule has 4 rings (SSSR count). The van der Waals surface area contributed by atoms with E-state index in [1.54, 1.807) is 0 Å². The lowest BCUT2D eigenvalue weighted by Gasteiger charge is -2.36. The van der Waals surface area contributed by atoms with Gasteiger partial charge in [-0.15, -0.1) is 0 Å². The van der Waals surface area contributed by atoms with Gasteiger partial charge in [0.05, 0.1) is 0 Å². The van der Waals surface area contributed by atoms with Crippen molar-refractivity contribution in [1.82, 2.24) is 14.9 Å². The highest BCUT2D eigenvalue weighted by Crippen LogP contribution is 2.27. The van der Waals surface area contributed by atoms with E-state index in [4.69, 9.17) is 4.98 Å². The van der Waals surface area contributed by atoms with Gasteiger partial charge in [0, 0.05) is 49.5 Å². The smallest absolute Gasteiger partial charge is 0.227 e. The van der Waals surface area contributed by atoms with Gasteiger partial charge in [0.15, 0.2) is 0 Å². The zero-order valence-corrected chi connectivity index (χ0v) is 16.8. The van der Waals surface area contributed by atoms with Gasteiger partial charge in [0.1, 0.15) is 5.82 Å². The second kappa shape index (κ2) is 8.17. The average molecular weight is 380 g/mol. The van der Waals surface area contributed by atoms with Crippen LogP contribution in [0.3, 0.4) is 0 Å². The number of aryl methyl sites for hydroxylation is 2. The van der Waals surface area contributed by atoms with E-state index in [-0.39, 0.29) is 5.92 Å².